The smallest absolute Gasteiger partial charge is 0.322 e. The molecule has 24 heavy (non-hydrogen) atoms. The van der Waals surface area contributed by atoms with Gasteiger partial charge in [-0.15, -0.1) is 5.10 Å². The number of hydrogen-bond acceptors (Lipinski definition) is 4. The predicted molar refractivity (Wildman–Crippen MR) is 95.1 cm³/mol. The summed E-state index contributed by atoms with van der Waals surface area (Å²) in [6, 6.07) is 13.4. The number of amides is 1. The highest BCUT2D eigenvalue weighted by molar-refractivity contribution is 9.10. The normalized spacial score (nSPS) is 10.6. The fourth-order valence-electron chi connectivity index (χ4n) is 2.38. The molecule has 0 saturated heterocycles. The summed E-state index contributed by atoms with van der Waals surface area (Å²) in [4.78, 5) is 12.2. The summed E-state index contributed by atoms with van der Waals surface area (Å²) in [6.45, 7) is 4.10. The summed E-state index contributed by atoms with van der Waals surface area (Å²) in [5.41, 5.74) is 4.02. The van der Waals surface area contributed by atoms with E-state index in [1.165, 1.54) is 11.1 Å². The van der Waals surface area contributed by atoms with Crippen LogP contribution in [0.5, 0.6) is 0 Å². The molecule has 5 nitrogen and oxygen atoms in total. The number of aryl methyl sites for hydroxylation is 2. The Balaban J connectivity index is 1.70. The summed E-state index contributed by atoms with van der Waals surface area (Å²) in [5.74, 6) is 0.171. The molecule has 0 aliphatic carbocycles. The molecule has 0 bridgehead atoms. The second kappa shape index (κ2) is 6.97. The van der Waals surface area contributed by atoms with Crippen molar-refractivity contribution in [1.82, 2.24) is 10.2 Å². The van der Waals surface area contributed by atoms with E-state index in [-0.39, 0.29) is 11.9 Å². The summed E-state index contributed by atoms with van der Waals surface area (Å²) >= 11 is 3.34. The molecule has 1 heterocycles. The van der Waals surface area contributed by atoms with Crippen molar-refractivity contribution in [1.29, 1.82) is 0 Å². The van der Waals surface area contributed by atoms with Gasteiger partial charge in [0.1, 0.15) is 0 Å². The summed E-state index contributed by atoms with van der Waals surface area (Å²) in [6.07, 6.45) is 0.534. The van der Waals surface area contributed by atoms with E-state index >= 15 is 0 Å². The molecule has 1 N–H and O–H groups in total. The molecular formula is C18H16BrN3O2. The standard InChI is InChI=1S/C18H16BrN3O2/c1-11-6-7-13(12(2)8-11)10-16-21-22-18(24-16)20-17(23)14-4-3-5-15(19)9-14/h3-9H,10H2,1-2H3,(H,20,22,23). The van der Waals surface area contributed by atoms with Crippen LogP contribution in [0.25, 0.3) is 0 Å². The van der Waals surface area contributed by atoms with E-state index in [0.29, 0.717) is 17.9 Å². The van der Waals surface area contributed by atoms with Gasteiger partial charge in [0.25, 0.3) is 5.91 Å². The molecule has 2 aromatic carbocycles. The van der Waals surface area contributed by atoms with Crippen LogP contribution < -0.4 is 5.32 Å². The number of hydrogen-bond donors (Lipinski definition) is 1. The van der Waals surface area contributed by atoms with Crippen molar-refractivity contribution in [2.75, 3.05) is 5.32 Å². The van der Waals surface area contributed by atoms with E-state index in [9.17, 15) is 4.79 Å². The molecule has 1 aromatic heterocycles. The zero-order chi connectivity index (χ0) is 17.1. The van der Waals surface area contributed by atoms with Crippen molar-refractivity contribution < 1.29 is 9.21 Å². The van der Waals surface area contributed by atoms with Gasteiger partial charge in [-0.3, -0.25) is 10.1 Å². The van der Waals surface area contributed by atoms with Crippen LogP contribution in [-0.2, 0) is 6.42 Å². The Morgan fingerprint density at radius 2 is 2.00 bits per heavy atom. The predicted octanol–water partition coefficient (Wildman–Crippen LogP) is 4.29. The molecule has 0 fully saturated rings. The minimum atomic E-state index is -0.294. The second-order valence-electron chi connectivity index (χ2n) is 5.57. The van der Waals surface area contributed by atoms with Gasteiger partial charge in [0, 0.05) is 10.0 Å². The van der Waals surface area contributed by atoms with Crippen molar-refractivity contribution in [3.8, 4) is 0 Å². The third kappa shape index (κ3) is 3.89. The quantitative estimate of drug-likeness (QED) is 0.726. The number of benzene rings is 2. The van der Waals surface area contributed by atoms with Crippen molar-refractivity contribution in [2.45, 2.75) is 20.3 Å². The first-order valence-electron chi connectivity index (χ1n) is 7.47. The third-order valence-electron chi connectivity index (χ3n) is 3.61. The maximum Gasteiger partial charge on any atom is 0.322 e. The number of nitrogens with one attached hydrogen (secondary N) is 1. The number of carbonyl (C=O) groups excluding carboxylic acids is 1. The SMILES string of the molecule is Cc1ccc(Cc2nnc(NC(=O)c3cccc(Br)c3)o2)c(C)c1. The van der Waals surface area contributed by atoms with Gasteiger partial charge in [-0.25, -0.2) is 0 Å². The van der Waals surface area contributed by atoms with Gasteiger partial charge in [0.05, 0.1) is 6.42 Å². The number of halogens is 1. The van der Waals surface area contributed by atoms with E-state index in [1.807, 2.05) is 6.07 Å². The molecule has 0 aliphatic rings. The van der Waals surface area contributed by atoms with Crippen LogP contribution in [0.15, 0.2) is 51.4 Å². The van der Waals surface area contributed by atoms with E-state index in [2.05, 4.69) is 63.5 Å². The zero-order valence-corrected chi connectivity index (χ0v) is 14.9. The van der Waals surface area contributed by atoms with Gasteiger partial charge in [-0.05, 0) is 43.2 Å². The van der Waals surface area contributed by atoms with Crippen molar-refractivity contribution >= 4 is 27.9 Å². The van der Waals surface area contributed by atoms with Crippen molar-refractivity contribution in [3.63, 3.8) is 0 Å². The third-order valence-corrected chi connectivity index (χ3v) is 4.11. The molecule has 0 aliphatic heterocycles. The van der Waals surface area contributed by atoms with Crippen LogP contribution in [-0.4, -0.2) is 16.1 Å². The van der Waals surface area contributed by atoms with Gasteiger partial charge in [-0.2, -0.15) is 0 Å². The van der Waals surface area contributed by atoms with Gasteiger partial charge in [0.2, 0.25) is 5.89 Å². The highest BCUT2D eigenvalue weighted by atomic mass is 79.9. The Kier molecular flexibility index (Phi) is 4.76. The van der Waals surface area contributed by atoms with Gasteiger partial charge < -0.3 is 4.42 Å². The Morgan fingerprint density at radius 1 is 1.17 bits per heavy atom. The molecule has 122 valence electrons. The molecule has 0 atom stereocenters. The lowest BCUT2D eigenvalue weighted by molar-refractivity contribution is 0.102. The fourth-order valence-corrected chi connectivity index (χ4v) is 2.78. The van der Waals surface area contributed by atoms with Gasteiger partial charge in [0.15, 0.2) is 0 Å². The van der Waals surface area contributed by atoms with Crippen LogP contribution in [0.2, 0.25) is 0 Å². The molecule has 3 aromatic rings. The second-order valence-corrected chi connectivity index (χ2v) is 6.49. The average molecular weight is 386 g/mol. The Morgan fingerprint density at radius 3 is 2.75 bits per heavy atom. The molecule has 6 heteroatoms. The first-order chi connectivity index (χ1) is 11.5. The van der Waals surface area contributed by atoms with Gasteiger partial charge >= 0.3 is 6.01 Å². The minimum Gasteiger partial charge on any atom is -0.407 e. The number of nitrogens with zero attached hydrogens (tertiary/aromatic N) is 2. The highest BCUT2D eigenvalue weighted by Gasteiger charge is 2.13. The monoisotopic (exact) mass is 385 g/mol. The largest absolute Gasteiger partial charge is 0.407 e. The Hall–Kier alpha value is -2.47. The minimum absolute atomic E-state index is 0.0970. The van der Waals surface area contributed by atoms with Crippen LogP contribution >= 0.6 is 15.9 Å². The summed E-state index contributed by atoms with van der Waals surface area (Å²) < 4.78 is 6.36. The van der Waals surface area contributed by atoms with E-state index in [1.54, 1.807) is 18.2 Å². The molecule has 1 amide bonds. The number of aromatic nitrogens is 2. The summed E-state index contributed by atoms with van der Waals surface area (Å²) in [5, 5.41) is 10.5. The van der Waals surface area contributed by atoms with E-state index < -0.39 is 0 Å². The molecule has 3 rings (SSSR count). The lowest BCUT2D eigenvalue weighted by Gasteiger charge is -2.04. The van der Waals surface area contributed by atoms with Gasteiger partial charge in [-0.1, -0.05) is 50.9 Å². The first-order valence-corrected chi connectivity index (χ1v) is 8.26. The topological polar surface area (TPSA) is 68.0 Å². The summed E-state index contributed by atoms with van der Waals surface area (Å²) in [7, 11) is 0. The molecule has 0 radical (unpaired) electrons. The highest BCUT2D eigenvalue weighted by Crippen LogP contribution is 2.17. The maximum absolute atomic E-state index is 12.2. The van der Waals surface area contributed by atoms with Crippen molar-refractivity contribution in [3.05, 3.63) is 75.1 Å². The lowest BCUT2D eigenvalue weighted by Crippen LogP contribution is -2.11. The molecule has 0 unspecified atom stereocenters. The van der Waals surface area contributed by atoms with Crippen LogP contribution in [0.4, 0.5) is 6.01 Å². The van der Waals surface area contributed by atoms with Crippen molar-refractivity contribution in [2.24, 2.45) is 0 Å². The fraction of sp³-hybridized carbons (Fsp3) is 0.167. The van der Waals surface area contributed by atoms with Crippen LogP contribution in [0, 0.1) is 13.8 Å². The number of carbonyl (C=O) groups is 1. The van der Waals surface area contributed by atoms with E-state index in [0.717, 1.165) is 10.0 Å². The average Bonchev–Trinajstić information content (AvgIpc) is 2.97. The van der Waals surface area contributed by atoms with Crippen LogP contribution in [0.3, 0.4) is 0 Å². The molecular weight excluding hydrogens is 370 g/mol. The Labute approximate surface area is 148 Å². The zero-order valence-electron chi connectivity index (χ0n) is 13.3. The van der Waals surface area contributed by atoms with E-state index in [4.69, 9.17) is 4.42 Å². The lowest BCUT2D eigenvalue weighted by atomic mass is 10.0. The maximum atomic E-state index is 12.2. The molecule has 0 saturated carbocycles. The number of rotatable bonds is 4. The first kappa shape index (κ1) is 16.4. The van der Waals surface area contributed by atoms with Crippen LogP contribution in [0.1, 0.15) is 32.9 Å². The Bertz CT molecular complexity index is 889. The number of anilines is 1. The molecule has 0 spiro atoms.